The second-order valence-corrected chi connectivity index (χ2v) is 5.01. The lowest BCUT2D eigenvalue weighted by atomic mass is 10.1. The fraction of sp³-hybridized carbons (Fsp3) is 0.846. The number of aliphatic imine (C=N–C) groups is 2. The van der Waals surface area contributed by atoms with Gasteiger partial charge in [0, 0.05) is 26.6 Å². The summed E-state index contributed by atoms with van der Waals surface area (Å²) in [5.41, 5.74) is 0. The molecule has 2 heterocycles. The smallest absolute Gasteiger partial charge is 0.252 e. The van der Waals surface area contributed by atoms with E-state index in [1.54, 1.807) is 0 Å². The molecule has 5 heteroatoms. The van der Waals surface area contributed by atoms with Crippen LogP contribution in [0.1, 0.15) is 47.0 Å². The van der Waals surface area contributed by atoms with Crippen LogP contribution < -0.4 is 0 Å². The molecule has 0 radical (unpaired) electrons. The largest absolute Gasteiger partial charge is 0.336 e. The van der Waals surface area contributed by atoms with Crippen molar-refractivity contribution in [3.8, 4) is 0 Å². The molecule has 0 N–H and O–H groups in total. The van der Waals surface area contributed by atoms with Crippen molar-refractivity contribution in [1.82, 2.24) is 10.0 Å². The third kappa shape index (κ3) is 2.57. The number of hydrogen-bond donors (Lipinski definition) is 0. The maximum atomic E-state index is 5.89. The van der Waals surface area contributed by atoms with Crippen LogP contribution in [0.3, 0.4) is 0 Å². The molecule has 1 unspecified atom stereocenters. The first-order valence-electron chi connectivity index (χ1n) is 6.87. The highest BCUT2D eigenvalue weighted by Gasteiger charge is 2.40. The molecule has 2 rings (SSSR count). The summed E-state index contributed by atoms with van der Waals surface area (Å²) in [4.78, 5) is 9.09. The van der Waals surface area contributed by atoms with E-state index in [4.69, 9.17) is 4.74 Å². The van der Waals surface area contributed by atoms with Crippen LogP contribution in [-0.2, 0) is 4.74 Å². The van der Waals surface area contributed by atoms with Gasteiger partial charge in [0.25, 0.3) is 5.85 Å². The van der Waals surface area contributed by atoms with Gasteiger partial charge in [-0.1, -0.05) is 6.42 Å². The Labute approximate surface area is 110 Å². The fourth-order valence-corrected chi connectivity index (χ4v) is 2.87. The summed E-state index contributed by atoms with van der Waals surface area (Å²) in [5, 5.41) is 4.45. The number of piperidine rings is 1. The second kappa shape index (κ2) is 5.36. The van der Waals surface area contributed by atoms with Crippen LogP contribution in [0.4, 0.5) is 0 Å². The molecule has 1 saturated heterocycles. The Morgan fingerprint density at radius 3 is 2.50 bits per heavy atom. The van der Waals surface area contributed by atoms with Gasteiger partial charge in [-0.25, -0.2) is 20.0 Å². The topological polar surface area (TPSA) is 40.4 Å². The van der Waals surface area contributed by atoms with Gasteiger partial charge in [-0.2, -0.15) is 0 Å². The fourth-order valence-electron chi connectivity index (χ4n) is 2.87. The van der Waals surface area contributed by atoms with E-state index in [1.165, 1.54) is 19.3 Å². The molecule has 0 amide bonds. The van der Waals surface area contributed by atoms with Crippen LogP contribution in [0.15, 0.2) is 9.98 Å². The first kappa shape index (κ1) is 13.5. The molecule has 0 saturated carbocycles. The van der Waals surface area contributed by atoms with Crippen LogP contribution in [-0.4, -0.2) is 47.2 Å². The van der Waals surface area contributed by atoms with E-state index in [0.29, 0.717) is 6.61 Å². The molecule has 0 aromatic heterocycles. The van der Waals surface area contributed by atoms with E-state index in [-0.39, 0.29) is 0 Å². The number of rotatable bonds is 3. The van der Waals surface area contributed by atoms with Crippen molar-refractivity contribution in [2.75, 3.05) is 19.7 Å². The summed E-state index contributed by atoms with van der Waals surface area (Å²) in [6.45, 7) is 10.7. The lowest BCUT2D eigenvalue weighted by Crippen LogP contribution is -2.61. The maximum absolute atomic E-state index is 5.89. The van der Waals surface area contributed by atoms with E-state index in [9.17, 15) is 0 Å². The molecule has 0 bridgehead atoms. The predicted octanol–water partition coefficient (Wildman–Crippen LogP) is 2.25. The minimum Gasteiger partial charge on any atom is -0.336 e. The van der Waals surface area contributed by atoms with E-state index in [1.807, 2.05) is 27.7 Å². The first-order valence-corrected chi connectivity index (χ1v) is 6.87. The Kier molecular flexibility index (Phi) is 4.02. The summed E-state index contributed by atoms with van der Waals surface area (Å²) in [6, 6.07) is 0. The van der Waals surface area contributed by atoms with Gasteiger partial charge < -0.3 is 4.74 Å². The van der Waals surface area contributed by atoms with Crippen LogP contribution in [0.2, 0.25) is 0 Å². The standard InChI is InChI=1S/C13H24N4O/c1-5-18-13(4)15-11(2)14-12(3)17(13)16-9-7-6-8-10-16/h5-10H2,1-4H3. The van der Waals surface area contributed by atoms with Crippen LogP contribution in [0, 0.1) is 0 Å². The van der Waals surface area contributed by atoms with E-state index in [2.05, 4.69) is 20.0 Å². The first-order chi connectivity index (χ1) is 8.57. The molecule has 0 aliphatic carbocycles. The molecular weight excluding hydrogens is 228 g/mol. The number of ether oxygens (including phenoxy) is 1. The number of hydrogen-bond acceptors (Lipinski definition) is 5. The summed E-state index contributed by atoms with van der Waals surface area (Å²) in [7, 11) is 0. The summed E-state index contributed by atoms with van der Waals surface area (Å²) in [5.74, 6) is 1.12. The van der Waals surface area contributed by atoms with Crippen LogP contribution in [0.5, 0.6) is 0 Å². The molecule has 2 aliphatic rings. The van der Waals surface area contributed by atoms with Gasteiger partial charge in [0.05, 0.1) is 0 Å². The molecular formula is C13H24N4O. The van der Waals surface area contributed by atoms with E-state index >= 15 is 0 Å². The predicted molar refractivity (Wildman–Crippen MR) is 73.5 cm³/mol. The average Bonchev–Trinajstić information content (AvgIpc) is 2.28. The number of nitrogens with zero attached hydrogens (tertiary/aromatic N) is 4. The van der Waals surface area contributed by atoms with Gasteiger partial charge in [-0.05, 0) is 33.6 Å². The summed E-state index contributed by atoms with van der Waals surface area (Å²) < 4.78 is 5.89. The molecule has 2 aliphatic heterocycles. The van der Waals surface area contributed by atoms with Crippen molar-refractivity contribution in [1.29, 1.82) is 0 Å². The second-order valence-electron chi connectivity index (χ2n) is 5.01. The third-order valence-electron chi connectivity index (χ3n) is 3.43. The average molecular weight is 252 g/mol. The van der Waals surface area contributed by atoms with Crippen molar-refractivity contribution < 1.29 is 4.74 Å². The van der Waals surface area contributed by atoms with Gasteiger partial charge in [-0.3, -0.25) is 0 Å². The highest BCUT2D eigenvalue weighted by atomic mass is 16.5. The van der Waals surface area contributed by atoms with Gasteiger partial charge >= 0.3 is 0 Å². The third-order valence-corrected chi connectivity index (χ3v) is 3.43. The highest BCUT2D eigenvalue weighted by Crippen LogP contribution is 2.27. The van der Waals surface area contributed by atoms with Gasteiger partial charge in [0.1, 0.15) is 11.7 Å². The molecule has 1 fully saturated rings. The zero-order valence-corrected chi connectivity index (χ0v) is 11.9. The lowest BCUT2D eigenvalue weighted by Gasteiger charge is -2.48. The Morgan fingerprint density at radius 2 is 1.89 bits per heavy atom. The quantitative estimate of drug-likeness (QED) is 0.773. The minimum absolute atomic E-state index is 0.637. The number of hydrazine groups is 1. The van der Waals surface area contributed by atoms with Crippen molar-refractivity contribution >= 4 is 11.7 Å². The Balaban J connectivity index is 2.26. The molecule has 102 valence electrons. The molecule has 0 aromatic carbocycles. The van der Waals surface area contributed by atoms with Crippen molar-refractivity contribution in [3.63, 3.8) is 0 Å². The lowest BCUT2D eigenvalue weighted by molar-refractivity contribution is -0.189. The Bertz CT molecular complexity index is 360. The number of amidine groups is 2. The Hall–Kier alpha value is -0.940. The van der Waals surface area contributed by atoms with Gasteiger partial charge in [0.2, 0.25) is 0 Å². The SMILES string of the molecule is CCOC1(C)N=C(C)N=C(C)N1N1CCCCC1. The normalized spacial score (nSPS) is 30.1. The van der Waals surface area contributed by atoms with Gasteiger partial charge in [-0.15, -0.1) is 0 Å². The molecule has 0 aromatic rings. The minimum atomic E-state index is -0.637. The van der Waals surface area contributed by atoms with Crippen molar-refractivity contribution in [3.05, 3.63) is 0 Å². The monoisotopic (exact) mass is 252 g/mol. The molecule has 18 heavy (non-hydrogen) atoms. The highest BCUT2D eigenvalue weighted by molar-refractivity contribution is 5.96. The van der Waals surface area contributed by atoms with Crippen molar-refractivity contribution in [2.45, 2.75) is 52.8 Å². The molecule has 1 atom stereocenters. The van der Waals surface area contributed by atoms with Crippen LogP contribution >= 0.6 is 0 Å². The molecule has 5 nitrogen and oxygen atoms in total. The van der Waals surface area contributed by atoms with Gasteiger partial charge in [0.15, 0.2) is 0 Å². The maximum Gasteiger partial charge on any atom is 0.252 e. The summed E-state index contributed by atoms with van der Waals surface area (Å²) >= 11 is 0. The Morgan fingerprint density at radius 1 is 1.22 bits per heavy atom. The zero-order chi connectivity index (χ0) is 13.2. The van der Waals surface area contributed by atoms with Crippen molar-refractivity contribution in [2.24, 2.45) is 9.98 Å². The van der Waals surface area contributed by atoms with Crippen LogP contribution in [0.25, 0.3) is 0 Å². The van der Waals surface area contributed by atoms with E-state index in [0.717, 1.165) is 24.8 Å². The van der Waals surface area contributed by atoms with E-state index < -0.39 is 5.85 Å². The summed E-state index contributed by atoms with van der Waals surface area (Å²) in [6.07, 6.45) is 3.78. The zero-order valence-electron chi connectivity index (χ0n) is 11.9. The molecule has 0 spiro atoms.